The Labute approximate surface area is 110 Å². The predicted molar refractivity (Wildman–Crippen MR) is 70.8 cm³/mol. The van der Waals surface area contributed by atoms with Crippen LogP contribution in [0.1, 0.15) is 16.2 Å². The second kappa shape index (κ2) is 4.94. The molecular formula is C15H12N2O2. The Morgan fingerprint density at radius 2 is 1.89 bits per heavy atom. The van der Waals surface area contributed by atoms with Crippen LogP contribution in [0.2, 0.25) is 0 Å². The molecule has 3 rings (SSSR count). The monoisotopic (exact) mass is 252 g/mol. The number of hydrogen-bond donors (Lipinski definition) is 0. The van der Waals surface area contributed by atoms with E-state index in [1.807, 2.05) is 48.5 Å². The quantitative estimate of drug-likeness (QED) is 0.673. The Morgan fingerprint density at radius 3 is 2.74 bits per heavy atom. The smallest absolute Gasteiger partial charge is 0.375 e. The predicted octanol–water partition coefficient (Wildman–Crippen LogP) is 2.69. The first-order valence-electron chi connectivity index (χ1n) is 5.98. The van der Waals surface area contributed by atoms with Gasteiger partial charge in [0.05, 0.1) is 11.7 Å². The minimum atomic E-state index is -0.421. The van der Waals surface area contributed by atoms with E-state index in [0.29, 0.717) is 5.82 Å². The van der Waals surface area contributed by atoms with Gasteiger partial charge in [0, 0.05) is 6.20 Å². The van der Waals surface area contributed by atoms with Crippen molar-refractivity contribution in [3.8, 4) is 0 Å². The van der Waals surface area contributed by atoms with Crippen molar-refractivity contribution in [2.45, 2.75) is 6.61 Å². The maximum absolute atomic E-state index is 12.0. The minimum absolute atomic E-state index is 0.251. The molecule has 0 radical (unpaired) electrons. The van der Waals surface area contributed by atoms with Gasteiger partial charge in [0.1, 0.15) is 6.61 Å². The summed E-state index contributed by atoms with van der Waals surface area (Å²) in [6.45, 7) is 0.251. The van der Waals surface area contributed by atoms with Gasteiger partial charge in [-0.2, -0.15) is 0 Å². The molecule has 2 heterocycles. The highest BCUT2D eigenvalue weighted by molar-refractivity contribution is 5.86. The SMILES string of the molecule is O=C(OCc1ccccc1)c1ncc2ccccn12. The van der Waals surface area contributed by atoms with E-state index in [1.54, 1.807) is 16.8 Å². The summed E-state index contributed by atoms with van der Waals surface area (Å²) in [5, 5.41) is 0. The molecule has 19 heavy (non-hydrogen) atoms. The number of benzene rings is 1. The van der Waals surface area contributed by atoms with E-state index < -0.39 is 5.97 Å². The third-order valence-electron chi connectivity index (χ3n) is 2.83. The average Bonchev–Trinajstić information content (AvgIpc) is 2.90. The van der Waals surface area contributed by atoms with Crippen LogP contribution in [0.25, 0.3) is 5.52 Å². The molecule has 1 aromatic carbocycles. The number of ether oxygens (including phenoxy) is 1. The zero-order valence-electron chi connectivity index (χ0n) is 10.2. The van der Waals surface area contributed by atoms with Crippen molar-refractivity contribution < 1.29 is 9.53 Å². The van der Waals surface area contributed by atoms with Crippen LogP contribution in [0.3, 0.4) is 0 Å². The summed E-state index contributed by atoms with van der Waals surface area (Å²) < 4.78 is 6.97. The highest BCUT2D eigenvalue weighted by atomic mass is 16.5. The molecule has 0 spiro atoms. The number of imidazole rings is 1. The molecule has 0 unspecified atom stereocenters. The van der Waals surface area contributed by atoms with E-state index in [0.717, 1.165) is 11.1 Å². The molecule has 0 aliphatic carbocycles. The van der Waals surface area contributed by atoms with Crippen LogP contribution in [0.15, 0.2) is 60.9 Å². The number of rotatable bonds is 3. The van der Waals surface area contributed by atoms with Crippen LogP contribution in [0.5, 0.6) is 0 Å². The molecule has 0 N–H and O–H groups in total. The van der Waals surface area contributed by atoms with Crippen molar-refractivity contribution >= 4 is 11.5 Å². The van der Waals surface area contributed by atoms with Crippen molar-refractivity contribution in [2.75, 3.05) is 0 Å². The highest BCUT2D eigenvalue weighted by Gasteiger charge is 2.13. The lowest BCUT2D eigenvalue weighted by Crippen LogP contribution is -2.09. The molecule has 0 amide bonds. The molecular weight excluding hydrogens is 240 g/mol. The summed E-state index contributed by atoms with van der Waals surface area (Å²) in [6.07, 6.45) is 3.44. The summed E-state index contributed by atoms with van der Waals surface area (Å²) >= 11 is 0. The first kappa shape index (κ1) is 11.5. The number of aromatic nitrogens is 2. The molecule has 4 heteroatoms. The van der Waals surface area contributed by atoms with Gasteiger partial charge in [-0.05, 0) is 17.7 Å². The van der Waals surface area contributed by atoms with Gasteiger partial charge >= 0.3 is 5.97 Å². The lowest BCUT2D eigenvalue weighted by molar-refractivity contribution is 0.0457. The van der Waals surface area contributed by atoms with Crippen LogP contribution in [0.4, 0.5) is 0 Å². The Balaban J connectivity index is 1.77. The van der Waals surface area contributed by atoms with Crippen LogP contribution < -0.4 is 0 Å². The van der Waals surface area contributed by atoms with Gasteiger partial charge in [0.15, 0.2) is 0 Å². The number of hydrogen-bond acceptors (Lipinski definition) is 3. The van der Waals surface area contributed by atoms with E-state index in [2.05, 4.69) is 4.98 Å². The van der Waals surface area contributed by atoms with Crippen LogP contribution >= 0.6 is 0 Å². The zero-order valence-corrected chi connectivity index (χ0v) is 10.2. The number of carbonyl (C=O) groups is 1. The Kier molecular flexibility index (Phi) is 2.98. The fraction of sp³-hybridized carbons (Fsp3) is 0.0667. The topological polar surface area (TPSA) is 43.6 Å². The van der Waals surface area contributed by atoms with Crippen molar-refractivity contribution in [3.05, 3.63) is 72.3 Å². The van der Waals surface area contributed by atoms with Crippen LogP contribution in [-0.2, 0) is 11.3 Å². The molecule has 2 aromatic heterocycles. The molecule has 3 aromatic rings. The second-order valence-electron chi connectivity index (χ2n) is 4.14. The lowest BCUT2D eigenvalue weighted by Gasteiger charge is -2.04. The number of fused-ring (bicyclic) bond motifs is 1. The van der Waals surface area contributed by atoms with E-state index >= 15 is 0 Å². The Hall–Kier alpha value is -2.62. The van der Waals surface area contributed by atoms with E-state index in [9.17, 15) is 4.79 Å². The van der Waals surface area contributed by atoms with E-state index in [-0.39, 0.29) is 6.61 Å². The molecule has 94 valence electrons. The zero-order chi connectivity index (χ0) is 13.1. The fourth-order valence-corrected chi connectivity index (χ4v) is 1.88. The van der Waals surface area contributed by atoms with Gasteiger partial charge in [-0.3, -0.25) is 4.40 Å². The molecule has 0 saturated heterocycles. The number of pyridine rings is 1. The van der Waals surface area contributed by atoms with Crippen molar-refractivity contribution in [1.82, 2.24) is 9.38 Å². The third-order valence-corrected chi connectivity index (χ3v) is 2.83. The van der Waals surface area contributed by atoms with Crippen molar-refractivity contribution in [1.29, 1.82) is 0 Å². The van der Waals surface area contributed by atoms with Gasteiger partial charge in [-0.15, -0.1) is 0 Å². The van der Waals surface area contributed by atoms with Crippen molar-refractivity contribution in [3.63, 3.8) is 0 Å². The Bertz CT molecular complexity index is 704. The van der Waals surface area contributed by atoms with Crippen molar-refractivity contribution in [2.24, 2.45) is 0 Å². The van der Waals surface area contributed by atoms with Crippen LogP contribution in [-0.4, -0.2) is 15.4 Å². The summed E-state index contributed by atoms with van der Waals surface area (Å²) in [5.74, 6) is -0.124. The normalized spacial score (nSPS) is 10.5. The van der Waals surface area contributed by atoms with Gasteiger partial charge < -0.3 is 4.74 Å². The number of carbonyl (C=O) groups excluding carboxylic acids is 1. The summed E-state index contributed by atoms with van der Waals surface area (Å²) in [6, 6.07) is 15.2. The lowest BCUT2D eigenvalue weighted by atomic mass is 10.2. The van der Waals surface area contributed by atoms with Gasteiger partial charge in [0.25, 0.3) is 0 Å². The standard InChI is InChI=1S/C15H12N2O2/c18-15(19-11-12-6-2-1-3-7-12)14-16-10-13-8-4-5-9-17(13)14/h1-10H,11H2. The molecule has 0 aliphatic heterocycles. The van der Waals surface area contributed by atoms with E-state index in [1.165, 1.54) is 0 Å². The molecule has 0 fully saturated rings. The summed E-state index contributed by atoms with van der Waals surface area (Å²) in [4.78, 5) is 16.1. The first-order valence-corrected chi connectivity index (χ1v) is 5.98. The minimum Gasteiger partial charge on any atom is -0.455 e. The van der Waals surface area contributed by atoms with Crippen LogP contribution in [0, 0.1) is 0 Å². The summed E-state index contributed by atoms with van der Waals surface area (Å²) in [5.41, 5.74) is 1.82. The molecule has 0 bridgehead atoms. The second-order valence-corrected chi connectivity index (χ2v) is 4.14. The maximum atomic E-state index is 12.0. The molecule has 0 aliphatic rings. The maximum Gasteiger partial charge on any atom is 0.375 e. The van der Waals surface area contributed by atoms with Gasteiger partial charge in [-0.25, -0.2) is 9.78 Å². The number of esters is 1. The largest absolute Gasteiger partial charge is 0.455 e. The Morgan fingerprint density at radius 1 is 1.11 bits per heavy atom. The van der Waals surface area contributed by atoms with Gasteiger partial charge in [0.2, 0.25) is 5.82 Å². The molecule has 4 nitrogen and oxygen atoms in total. The molecule has 0 saturated carbocycles. The first-order chi connectivity index (χ1) is 9.34. The van der Waals surface area contributed by atoms with Gasteiger partial charge in [-0.1, -0.05) is 36.4 Å². The average molecular weight is 252 g/mol. The number of nitrogens with zero attached hydrogens (tertiary/aromatic N) is 2. The van der Waals surface area contributed by atoms with E-state index in [4.69, 9.17) is 4.74 Å². The summed E-state index contributed by atoms with van der Waals surface area (Å²) in [7, 11) is 0. The fourth-order valence-electron chi connectivity index (χ4n) is 1.88. The highest BCUT2D eigenvalue weighted by Crippen LogP contribution is 2.09. The molecule has 0 atom stereocenters. The third kappa shape index (κ3) is 2.33.